The van der Waals surface area contributed by atoms with Crippen molar-refractivity contribution in [1.82, 2.24) is 14.8 Å². The van der Waals surface area contributed by atoms with E-state index in [0.29, 0.717) is 11.4 Å². The van der Waals surface area contributed by atoms with Gasteiger partial charge >= 0.3 is 0 Å². The fourth-order valence-electron chi connectivity index (χ4n) is 3.76. The largest absolute Gasteiger partial charge is 0.296 e. The number of amides is 1. The molecular formula is C26H24BrN5O4S. The average Bonchev–Trinajstić information content (AvgIpc) is 3.12. The van der Waals surface area contributed by atoms with E-state index in [1.165, 1.54) is 23.0 Å². The van der Waals surface area contributed by atoms with Crippen molar-refractivity contribution in [1.29, 1.82) is 0 Å². The lowest BCUT2D eigenvalue weighted by Gasteiger charge is -2.22. The summed E-state index contributed by atoms with van der Waals surface area (Å²) in [5, 5.41) is 3.95. The molecule has 0 bridgehead atoms. The van der Waals surface area contributed by atoms with Gasteiger partial charge in [-0.15, -0.1) is 0 Å². The number of aromatic nitrogens is 2. The summed E-state index contributed by atoms with van der Waals surface area (Å²) in [5.74, 6) is -0.711. The van der Waals surface area contributed by atoms with Crippen molar-refractivity contribution >= 4 is 43.8 Å². The molecule has 0 aliphatic heterocycles. The smallest absolute Gasteiger partial charge is 0.283 e. The number of carbonyl (C=O) groups excluding carboxylic acids is 1. The molecule has 0 saturated carbocycles. The van der Waals surface area contributed by atoms with Gasteiger partial charge in [-0.3, -0.25) is 14.3 Å². The molecule has 0 spiro atoms. The minimum Gasteiger partial charge on any atom is -0.283 e. The van der Waals surface area contributed by atoms with Crippen LogP contribution in [0.25, 0.3) is 5.69 Å². The maximum Gasteiger partial charge on any atom is 0.296 e. The highest BCUT2D eigenvalue weighted by atomic mass is 79.9. The van der Waals surface area contributed by atoms with E-state index < -0.39 is 28.0 Å². The van der Waals surface area contributed by atoms with Gasteiger partial charge in [0.05, 0.1) is 22.5 Å². The van der Waals surface area contributed by atoms with Gasteiger partial charge in [0.2, 0.25) is 0 Å². The highest BCUT2D eigenvalue weighted by Crippen LogP contribution is 2.25. The van der Waals surface area contributed by atoms with Crippen molar-refractivity contribution in [3.05, 3.63) is 111 Å². The summed E-state index contributed by atoms with van der Waals surface area (Å²) in [7, 11) is -2.62. The normalized spacial score (nSPS) is 11.5. The third-order valence-corrected chi connectivity index (χ3v) is 8.17. The van der Waals surface area contributed by atoms with E-state index in [1.54, 1.807) is 67.2 Å². The van der Waals surface area contributed by atoms with Crippen molar-refractivity contribution in [2.24, 2.45) is 12.1 Å². The first kappa shape index (κ1) is 26.1. The topological polar surface area (TPSA) is 106 Å². The second-order valence-electron chi connectivity index (χ2n) is 8.05. The first-order valence-corrected chi connectivity index (χ1v) is 13.4. The van der Waals surface area contributed by atoms with Gasteiger partial charge in [-0.2, -0.15) is 5.10 Å². The number of anilines is 1. The SMILES string of the molecule is Cc1c(N(CC(=O)N/N=C\c2ccccc2Br)S(=O)(=O)c2ccccc2)c(=O)n(-c2ccccc2)n1C. The monoisotopic (exact) mass is 581 g/mol. The number of hydrazone groups is 1. The van der Waals surface area contributed by atoms with E-state index in [4.69, 9.17) is 0 Å². The van der Waals surface area contributed by atoms with Gasteiger partial charge in [0, 0.05) is 17.1 Å². The van der Waals surface area contributed by atoms with Crippen molar-refractivity contribution < 1.29 is 13.2 Å². The average molecular weight is 582 g/mol. The van der Waals surface area contributed by atoms with Gasteiger partial charge in [-0.05, 0) is 37.3 Å². The van der Waals surface area contributed by atoms with Gasteiger partial charge in [0.25, 0.3) is 21.5 Å². The Labute approximate surface area is 222 Å². The Morgan fingerprint density at radius 1 is 1.00 bits per heavy atom. The standard InChI is InChI=1S/C26H24BrN5O4S/c1-19-25(26(34)32(30(19)2)21-12-5-3-6-13-21)31(37(35,36)22-14-7-4-8-15-22)18-24(33)29-28-17-20-11-9-10-16-23(20)27/h3-17H,18H2,1-2H3,(H,29,33)/b28-17-. The maximum absolute atomic E-state index is 13.7. The number of halogens is 1. The van der Waals surface area contributed by atoms with Crippen LogP contribution in [-0.4, -0.2) is 36.4 Å². The quantitative estimate of drug-likeness (QED) is 0.253. The number of rotatable bonds is 8. The highest BCUT2D eigenvalue weighted by molar-refractivity contribution is 9.10. The summed E-state index contributed by atoms with van der Waals surface area (Å²) in [6.07, 6.45) is 1.44. The molecule has 190 valence electrons. The molecule has 0 saturated heterocycles. The van der Waals surface area contributed by atoms with Crippen molar-refractivity contribution in [2.75, 3.05) is 10.8 Å². The first-order valence-electron chi connectivity index (χ1n) is 11.2. The summed E-state index contributed by atoms with van der Waals surface area (Å²) in [5.41, 5.74) is 3.32. The fourth-order valence-corrected chi connectivity index (χ4v) is 5.65. The van der Waals surface area contributed by atoms with Crippen LogP contribution in [0.3, 0.4) is 0 Å². The van der Waals surface area contributed by atoms with E-state index >= 15 is 0 Å². The highest BCUT2D eigenvalue weighted by Gasteiger charge is 2.33. The molecule has 1 aromatic heterocycles. The van der Waals surface area contributed by atoms with Crippen molar-refractivity contribution in [3.63, 3.8) is 0 Å². The number of hydrogen-bond acceptors (Lipinski definition) is 5. The predicted octanol–water partition coefficient (Wildman–Crippen LogP) is 3.59. The van der Waals surface area contributed by atoms with Gasteiger partial charge in [0.15, 0.2) is 0 Å². The van der Waals surface area contributed by atoms with E-state index in [2.05, 4.69) is 26.5 Å². The fraction of sp³-hybridized carbons (Fsp3) is 0.115. The van der Waals surface area contributed by atoms with Gasteiger partial charge < -0.3 is 0 Å². The molecule has 0 radical (unpaired) electrons. The molecule has 0 aliphatic rings. The Morgan fingerprint density at radius 2 is 1.59 bits per heavy atom. The molecule has 4 rings (SSSR count). The molecule has 1 N–H and O–H groups in total. The lowest BCUT2D eigenvalue weighted by molar-refractivity contribution is -0.119. The molecule has 3 aromatic carbocycles. The minimum atomic E-state index is -4.28. The molecule has 0 atom stereocenters. The van der Waals surface area contributed by atoms with Crippen LogP contribution in [0.5, 0.6) is 0 Å². The Bertz CT molecular complexity index is 1610. The molecule has 4 aromatic rings. The summed E-state index contributed by atoms with van der Waals surface area (Å²) in [6, 6.07) is 23.8. The molecule has 11 heteroatoms. The number of sulfonamides is 1. The van der Waals surface area contributed by atoms with E-state index in [-0.39, 0.29) is 10.6 Å². The zero-order valence-electron chi connectivity index (χ0n) is 20.1. The molecule has 9 nitrogen and oxygen atoms in total. The summed E-state index contributed by atoms with van der Waals surface area (Å²) in [6.45, 7) is 0.978. The number of hydrogen-bond donors (Lipinski definition) is 1. The molecule has 1 heterocycles. The molecular weight excluding hydrogens is 558 g/mol. The van der Waals surface area contributed by atoms with Crippen LogP contribution in [0, 0.1) is 6.92 Å². The third-order valence-electron chi connectivity index (χ3n) is 5.69. The van der Waals surface area contributed by atoms with E-state index in [1.807, 2.05) is 24.3 Å². The number of benzene rings is 3. The Kier molecular flexibility index (Phi) is 7.74. The van der Waals surface area contributed by atoms with E-state index in [0.717, 1.165) is 14.3 Å². The number of para-hydroxylation sites is 1. The molecule has 0 aliphatic carbocycles. The van der Waals surface area contributed by atoms with Crippen LogP contribution in [0.1, 0.15) is 11.3 Å². The van der Waals surface area contributed by atoms with Crippen LogP contribution in [0.4, 0.5) is 5.69 Å². The molecule has 1 amide bonds. The Hall–Kier alpha value is -3.96. The van der Waals surface area contributed by atoms with Crippen molar-refractivity contribution in [2.45, 2.75) is 11.8 Å². The zero-order valence-corrected chi connectivity index (χ0v) is 22.5. The third kappa shape index (κ3) is 5.42. The van der Waals surface area contributed by atoms with Gasteiger partial charge in [-0.1, -0.05) is 70.5 Å². The number of nitrogens with zero attached hydrogens (tertiary/aromatic N) is 4. The van der Waals surface area contributed by atoms with Crippen LogP contribution < -0.4 is 15.3 Å². The molecule has 37 heavy (non-hydrogen) atoms. The second kappa shape index (κ2) is 11.0. The summed E-state index contributed by atoms with van der Waals surface area (Å²) < 4.78 is 32.0. The van der Waals surface area contributed by atoms with Crippen LogP contribution in [0.2, 0.25) is 0 Å². The Balaban J connectivity index is 1.75. The lowest BCUT2D eigenvalue weighted by Crippen LogP contribution is -2.42. The molecule has 0 fully saturated rings. The number of nitrogens with one attached hydrogen (secondary N) is 1. The number of carbonyl (C=O) groups is 1. The van der Waals surface area contributed by atoms with Crippen LogP contribution in [-0.2, 0) is 21.9 Å². The minimum absolute atomic E-state index is 0.0477. The van der Waals surface area contributed by atoms with Crippen LogP contribution >= 0.6 is 15.9 Å². The van der Waals surface area contributed by atoms with Gasteiger partial charge in [0.1, 0.15) is 12.2 Å². The first-order chi connectivity index (χ1) is 17.7. The summed E-state index contributed by atoms with van der Waals surface area (Å²) >= 11 is 3.40. The zero-order chi connectivity index (χ0) is 26.6. The maximum atomic E-state index is 13.7. The predicted molar refractivity (Wildman–Crippen MR) is 147 cm³/mol. The van der Waals surface area contributed by atoms with Gasteiger partial charge in [-0.25, -0.2) is 22.8 Å². The lowest BCUT2D eigenvalue weighted by atomic mass is 10.2. The van der Waals surface area contributed by atoms with E-state index in [9.17, 15) is 18.0 Å². The molecule has 0 unspecified atom stereocenters. The van der Waals surface area contributed by atoms with Crippen molar-refractivity contribution in [3.8, 4) is 5.69 Å². The Morgan fingerprint density at radius 3 is 2.24 bits per heavy atom. The summed E-state index contributed by atoms with van der Waals surface area (Å²) in [4.78, 5) is 26.5. The second-order valence-corrected chi connectivity index (χ2v) is 10.8. The van der Waals surface area contributed by atoms with Crippen LogP contribution in [0.15, 0.2) is 104 Å².